The second-order valence-electron chi connectivity index (χ2n) is 4.86. The van der Waals surface area contributed by atoms with Gasteiger partial charge in [0, 0.05) is 42.8 Å². The lowest BCUT2D eigenvalue weighted by Crippen LogP contribution is -2.27. The summed E-state index contributed by atoms with van der Waals surface area (Å²) in [6.07, 6.45) is 1.03. The summed E-state index contributed by atoms with van der Waals surface area (Å²) in [5.74, 6) is 0. The van der Waals surface area contributed by atoms with Crippen molar-refractivity contribution < 1.29 is 0 Å². The summed E-state index contributed by atoms with van der Waals surface area (Å²) in [4.78, 5) is 19.6. The molecule has 3 heterocycles. The van der Waals surface area contributed by atoms with Gasteiger partial charge in [-0.1, -0.05) is 0 Å². The molecular weight excluding hydrogens is 248 g/mol. The Balaban J connectivity index is 1.91. The minimum atomic E-state index is 0.0113. The molecule has 0 bridgehead atoms. The molecule has 18 heavy (non-hydrogen) atoms. The highest BCUT2D eigenvalue weighted by atomic mass is 32.1. The Kier molecular flexibility index (Phi) is 2.93. The van der Waals surface area contributed by atoms with Gasteiger partial charge in [0.1, 0.15) is 0 Å². The SMILES string of the molecule is Cc1csc2nc(CN3CC[C@H](N)C3)cc(=O)n12. The maximum absolute atomic E-state index is 12.0. The monoisotopic (exact) mass is 264 g/mol. The molecule has 1 aliphatic rings. The van der Waals surface area contributed by atoms with Crippen LogP contribution in [0.4, 0.5) is 0 Å². The predicted molar refractivity (Wildman–Crippen MR) is 71.9 cm³/mol. The average molecular weight is 264 g/mol. The predicted octanol–water partition coefficient (Wildman–Crippen LogP) is 0.597. The molecule has 6 heteroatoms. The molecule has 2 aromatic rings. The Bertz CT molecular complexity index is 633. The van der Waals surface area contributed by atoms with Crippen LogP contribution >= 0.6 is 11.3 Å². The van der Waals surface area contributed by atoms with E-state index in [1.807, 2.05) is 12.3 Å². The lowest BCUT2D eigenvalue weighted by atomic mass is 10.3. The van der Waals surface area contributed by atoms with Gasteiger partial charge in [-0.2, -0.15) is 0 Å². The first-order valence-corrected chi connectivity index (χ1v) is 6.96. The van der Waals surface area contributed by atoms with E-state index >= 15 is 0 Å². The third kappa shape index (κ3) is 2.07. The second-order valence-corrected chi connectivity index (χ2v) is 5.70. The number of aromatic nitrogens is 2. The number of fused-ring (bicyclic) bond motifs is 1. The molecule has 0 spiro atoms. The molecule has 5 nitrogen and oxygen atoms in total. The molecule has 96 valence electrons. The summed E-state index contributed by atoms with van der Waals surface area (Å²) in [6.45, 7) is 4.53. The quantitative estimate of drug-likeness (QED) is 0.862. The lowest BCUT2D eigenvalue weighted by molar-refractivity contribution is 0.323. The van der Waals surface area contributed by atoms with E-state index in [0.29, 0.717) is 0 Å². The lowest BCUT2D eigenvalue weighted by Gasteiger charge is -2.14. The first kappa shape index (κ1) is 11.8. The van der Waals surface area contributed by atoms with E-state index in [1.165, 1.54) is 11.3 Å². The number of thiazole rings is 1. The molecule has 0 radical (unpaired) electrons. The van der Waals surface area contributed by atoms with Crippen LogP contribution in [0.15, 0.2) is 16.2 Å². The topological polar surface area (TPSA) is 63.6 Å². The molecule has 2 aromatic heterocycles. The van der Waals surface area contributed by atoms with Gasteiger partial charge < -0.3 is 5.73 Å². The summed E-state index contributed by atoms with van der Waals surface area (Å²) in [7, 11) is 0. The molecule has 0 amide bonds. The van der Waals surface area contributed by atoms with Gasteiger partial charge in [-0.15, -0.1) is 11.3 Å². The molecule has 1 atom stereocenters. The van der Waals surface area contributed by atoms with Gasteiger partial charge in [0.2, 0.25) is 0 Å². The third-order valence-electron chi connectivity index (χ3n) is 3.32. The highest BCUT2D eigenvalue weighted by Gasteiger charge is 2.19. The Hall–Kier alpha value is -1.24. The van der Waals surface area contributed by atoms with E-state index in [2.05, 4.69) is 9.88 Å². The van der Waals surface area contributed by atoms with E-state index in [9.17, 15) is 4.79 Å². The number of rotatable bonds is 2. The fourth-order valence-electron chi connectivity index (χ4n) is 2.42. The standard InChI is InChI=1S/C12H16N4OS/c1-8-7-18-12-14-10(4-11(17)16(8)12)6-15-3-2-9(13)5-15/h4,7,9H,2-3,5-6,13H2,1H3/t9-/m0/s1. The zero-order chi connectivity index (χ0) is 12.7. The largest absolute Gasteiger partial charge is 0.326 e. The average Bonchev–Trinajstić information content (AvgIpc) is 2.86. The number of nitrogens with zero attached hydrogens (tertiary/aromatic N) is 3. The first-order valence-electron chi connectivity index (χ1n) is 6.08. The number of hydrogen-bond acceptors (Lipinski definition) is 5. The van der Waals surface area contributed by atoms with Crippen molar-refractivity contribution in [3.05, 3.63) is 33.2 Å². The van der Waals surface area contributed by atoms with Gasteiger partial charge >= 0.3 is 0 Å². The Morgan fingerprint density at radius 1 is 1.61 bits per heavy atom. The molecular formula is C12H16N4OS. The highest BCUT2D eigenvalue weighted by Crippen LogP contribution is 2.14. The number of nitrogens with two attached hydrogens (primary N) is 1. The van der Waals surface area contributed by atoms with Crippen LogP contribution in [0.25, 0.3) is 4.96 Å². The van der Waals surface area contributed by atoms with Gasteiger partial charge in [0.05, 0.1) is 5.69 Å². The summed E-state index contributed by atoms with van der Waals surface area (Å²) in [6, 6.07) is 1.90. The van der Waals surface area contributed by atoms with Gasteiger partial charge in [0.15, 0.2) is 4.96 Å². The molecule has 0 saturated carbocycles. The Morgan fingerprint density at radius 2 is 2.44 bits per heavy atom. The maximum Gasteiger partial charge on any atom is 0.259 e. The van der Waals surface area contributed by atoms with Gasteiger partial charge in [0.25, 0.3) is 5.56 Å². The zero-order valence-electron chi connectivity index (χ0n) is 10.3. The van der Waals surface area contributed by atoms with E-state index in [0.717, 1.165) is 42.4 Å². The molecule has 0 aliphatic carbocycles. The molecule has 1 fully saturated rings. The number of hydrogen-bond donors (Lipinski definition) is 1. The number of aryl methyl sites for hydroxylation is 1. The smallest absolute Gasteiger partial charge is 0.259 e. The van der Waals surface area contributed by atoms with Crippen LogP contribution in [-0.4, -0.2) is 33.4 Å². The maximum atomic E-state index is 12.0. The normalized spacial score (nSPS) is 20.9. The minimum Gasteiger partial charge on any atom is -0.326 e. The summed E-state index contributed by atoms with van der Waals surface area (Å²) in [5.41, 5.74) is 7.68. The van der Waals surface area contributed by atoms with Crippen molar-refractivity contribution in [3.8, 4) is 0 Å². The van der Waals surface area contributed by atoms with E-state index < -0.39 is 0 Å². The zero-order valence-corrected chi connectivity index (χ0v) is 11.1. The van der Waals surface area contributed by atoms with Crippen molar-refractivity contribution in [2.45, 2.75) is 25.9 Å². The van der Waals surface area contributed by atoms with Gasteiger partial charge in [-0.25, -0.2) is 4.98 Å². The van der Waals surface area contributed by atoms with Crippen LogP contribution in [-0.2, 0) is 6.54 Å². The highest BCUT2D eigenvalue weighted by molar-refractivity contribution is 7.15. The van der Waals surface area contributed by atoms with Gasteiger partial charge in [-0.3, -0.25) is 14.1 Å². The Morgan fingerprint density at radius 3 is 3.17 bits per heavy atom. The second kappa shape index (κ2) is 4.46. The van der Waals surface area contributed by atoms with Crippen LogP contribution in [0.5, 0.6) is 0 Å². The summed E-state index contributed by atoms with van der Waals surface area (Å²) >= 11 is 1.51. The number of likely N-dealkylation sites (tertiary alicyclic amines) is 1. The fourth-order valence-corrected chi connectivity index (χ4v) is 3.31. The van der Waals surface area contributed by atoms with Crippen LogP contribution in [0.1, 0.15) is 17.8 Å². The summed E-state index contributed by atoms with van der Waals surface area (Å²) < 4.78 is 1.66. The van der Waals surface area contributed by atoms with Crippen LogP contribution < -0.4 is 11.3 Å². The van der Waals surface area contributed by atoms with Crippen molar-refractivity contribution in [3.63, 3.8) is 0 Å². The van der Waals surface area contributed by atoms with Crippen LogP contribution in [0.3, 0.4) is 0 Å². The molecule has 1 aliphatic heterocycles. The molecule has 3 rings (SSSR count). The fraction of sp³-hybridized carbons (Fsp3) is 0.500. The third-order valence-corrected chi connectivity index (χ3v) is 4.27. The van der Waals surface area contributed by atoms with Crippen LogP contribution in [0, 0.1) is 6.92 Å². The van der Waals surface area contributed by atoms with E-state index in [4.69, 9.17) is 5.73 Å². The van der Waals surface area contributed by atoms with Crippen molar-refractivity contribution in [2.24, 2.45) is 5.73 Å². The van der Waals surface area contributed by atoms with Crippen molar-refractivity contribution in [2.75, 3.05) is 13.1 Å². The Labute approximate surface area is 109 Å². The van der Waals surface area contributed by atoms with Crippen molar-refractivity contribution in [1.29, 1.82) is 0 Å². The van der Waals surface area contributed by atoms with Gasteiger partial charge in [-0.05, 0) is 13.3 Å². The first-order chi connectivity index (χ1) is 8.63. The molecule has 2 N–H and O–H groups in total. The van der Waals surface area contributed by atoms with E-state index in [-0.39, 0.29) is 11.6 Å². The van der Waals surface area contributed by atoms with Crippen molar-refractivity contribution >= 4 is 16.3 Å². The summed E-state index contributed by atoms with van der Waals surface area (Å²) in [5, 5.41) is 1.96. The minimum absolute atomic E-state index is 0.0113. The van der Waals surface area contributed by atoms with Crippen LogP contribution in [0.2, 0.25) is 0 Å². The van der Waals surface area contributed by atoms with E-state index in [1.54, 1.807) is 10.5 Å². The molecule has 1 saturated heterocycles. The molecule has 0 unspecified atom stereocenters. The molecule has 0 aromatic carbocycles. The van der Waals surface area contributed by atoms with Crippen molar-refractivity contribution in [1.82, 2.24) is 14.3 Å².